The molecule has 0 aromatic heterocycles. The molecule has 0 radical (unpaired) electrons. The Labute approximate surface area is 101 Å². The average Bonchev–Trinajstić information content (AvgIpc) is 2.34. The van der Waals surface area contributed by atoms with Gasteiger partial charge in [-0.25, -0.2) is 4.39 Å². The predicted octanol–water partition coefficient (Wildman–Crippen LogP) is 3.13. The molecule has 1 N–H and O–H groups in total. The molecule has 3 nitrogen and oxygen atoms in total. The third kappa shape index (κ3) is 3.75. The van der Waals surface area contributed by atoms with E-state index in [1.165, 1.54) is 13.2 Å². The molecule has 0 spiro atoms. The van der Waals surface area contributed by atoms with Crippen molar-refractivity contribution < 1.29 is 14.0 Å². The smallest absolute Gasteiger partial charge is 0.136 e. The van der Waals surface area contributed by atoms with Crippen molar-refractivity contribution >= 4 is 5.70 Å². The summed E-state index contributed by atoms with van der Waals surface area (Å²) in [5.74, 6) is 0.206. The van der Waals surface area contributed by atoms with Gasteiger partial charge in [-0.05, 0) is 25.5 Å². The van der Waals surface area contributed by atoms with E-state index in [1.807, 2.05) is 13.8 Å². The van der Waals surface area contributed by atoms with E-state index in [1.54, 1.807) is 18.2 Å². The number of ether oxygens (including phenoxy) is 1. The molecule has 1 rings (SSSR count). The van der Waals surface area contributed by atoms with E-state index in [-0.39, 0.29) is 5.82 Å². The van der Waals surface area contributed by atoms with Gasteiger partial charge in [-0.3, -0.25) is 10.3 Å². The Bertz CT molecular complexity index is 391. The molecule has 0 unspecified atom stereocenters. The maximum Gasteiger partial charge on any atom is 0.136 e. The fraction of sp³-hybridized carbons (Fsp3) is 0.385. The molecule has 0 atom stereocenters. The van der Waals surface area contributed by atoms with Gasteiger partial charge in [0.15, 0.2) is 0 Å². The van der Waals surface area contributed by atoms with E-state index in [9.17, 15) is 4.39 Å². The lowest BCUT2D eigenvalue weighted by Gasteiger charge is -2.11. The number of hydrogen-bond donors (Lipinski definition) is 1. The van der Waals surface area contributed by atoms with Crippen molar-refractivity contribution in [3.05, 3.63) is 35.7 Å². The lowest BCUT2D eigenvalue weighted by molar-refractivity contribution is 0.136. The molecule has 17 heavy (non-hydrogen) atoms. The third-order valence-electron chi connectivity index (χ3n) is 2.20. The summed E-state index contributed by atoms with van der Waals surface area (Å²) in [6, 6.07) is 4.79. The maximum atomic E-state index is 13.8. The Morgan fingerprint density at radius 2 is 2.24 bits per heavy atom. The first-order valence-electron chi connectivity index (χ1n) is 5.61. The molecule has 94 valence electrons. The summed E-state index contributed by atoms with van der Waals surface area (Å²) < 4.78 is 19.2. The molecule has 1 aromatic rings. The topological polar surface area (TPSA) is 30.5 Å². The second kappa shape index (κ2) is 6.91. The first-order chi connectivity index (χ1) is 8.22. The van der Waals surface area contributed by atoms with Gasteiger partial charge in [-0.15, -0.1) is 0 Å². The van der Waals surface area contributed by atoms with Gasteiger partial charge in [0.05, 0.1) is 19.4 Å². The molecular weight excluding hydrogens is 221 g/mol. The highest BCUT2D eigenvalue weighted by molar-refractivity contribution is 5.64. The summed E-state index contributed by atoms with van der Waals surface area (Å²) in [6.45, 7) is 4.40. The van der Waals surface area contributed by atoms with E-state index in [0.717, 1.165) is 6.42 Å². The van der Waals surface area contributed by atoms with Crippen LogP contribution in [0.25, 0.3) is 5.70 Å². The fourth-order valence-electron chi connectivity index (χ4n) is 1.40. The van der Waals surface area contributed by atoms with Crippen LogP contribution in [0.15, 0.2) is 24.3 Å². The molecule has 0 heterocycles. The number of allylic oxidation sites excluding steroid dienone is 1. The molecule has 0 saturated carbocycles. The zero-order chi connectivity index (χ0) is 12.7. The van der Waals surface area contributed by atoms with Gasteiger partial charge in [0.2, 0.25) is 0 Å². The molecule has 0 saturated heterocycles. The van der Waals surface area contributed by atoms with Crippen LogP contribution in [-0.4, -0.2) is 13.7 Å². The van der Waals surface area contributed by atoms with Crippen LogP contribution in [0.5, 0.6) is 5.75 Å². The van der Waals surface area contributed by atoms with Crippen molar-refractivity contribution in [1.82, 2.24) is 5.48 Å². The van der Waals surface area contributed by atoms with Crippen LogP contribution in [0, 0.1) is 5.82 Å². The lowest BCUT2D eigenvalue weighted by Crippen LogP contribution is -2.11. The molecule has 0 aliphatic rings. The van der Waals surface area contributed by atoms with Gasteiger partial charge in [-0.1, -0.05) is 13.0 Å². The first-order valence-corrected chi connectivity index (χ1v) is 5.61. The Balaban J connectivity index is 2.88. The van der Waals surface area contributed by atoms with Crippen LogP contribution in [0.1, 0.15) is 25.8 Å². The number of nitrogens with one attached hydrogen (secondary N) is 1. The highest BCUT2D eigenvalue weighted by Gasteiger charge is 2.08. The minimum Gasteiger partial charge on any atom is -0.494 e. The minimum atomic E-state index is -0.337. The van der Waals surface area contributed by atoms with Crippen LogP contribution in [-0.2, 0) is 4.84 Å². The van der Waals surface area contributed by atoms with Gasteiger partial charge < -0.3 is 4.74 Å². The highest BCUT2D eigenvalue weighted by atomic mass is 19.1. The number of hydroxylamine groups is 1. The Morgan fingerprint density at radius 3 is 2.76 bits per heavy atom. The quantitative estimate of drug-likeness (QED) is 0.774. The average molecular weight is 239 g/mol. The Morgan fingerprint density at radius 1 is 1.47 bits per heavy atom. The van der Waals surface area contributed by atoms with Gasteiger partial charge in [0.1, 0.15) is 11.6 Å². The number of halogens is 1. The van der Waals surface area contributed by atoms with E-state index in [2.05, 4.69) is 5.48 Å². The molecule has 0 aliphatic carbocycles. The second-order valence-electron chi connectivity index (χ2n) is 3.50. The Kier molecular flexibility index (Phi) is 5.49. The van der Waals surface area contributed by atoms with Crippen molar-refractivity contribution in [2.24, 2.45) is 0 Å². The van der Waals surface area contributed by atoms with E-state index in [4.69, 9.17) is 9.57 Å². The van der Waals surface area contributed by atoms with Crippen molar-refractivity contribution in [3.63, 3.8) is 0 Å². The van der Waals surface area contributed by atoms with Gasteiger partial charge in [0, 0.05) is 11.6 Å². The SMILES string of the molecule is CC=C(NOC)c1ccc(OCCC)cc1F. The van der Waals surface area contributed by atoms with Crippen LogP contribution < -0.4 is 10.2 Å². The van der Waals surface area contributed by atoms with E-state index >= 15 is 0 Å². The molecule has 1 aromatic carbocycles. The normalized spacial score (nSPS) is 11.4. The minimum absolute atomic E-state index is 0.337. The molecule has 0 amide bonds. The van der Waals surface area contributed by atoms with Crippen molar-refractivity contribution in [3.8, 4) is 5.75 Å². The monoisotopic (exact) mass is 239 g/mol. The third-order valence-corrected chi connectivity index (χ3v) is 2.20. The Hall–Kier alpha value is -1.55. The van der Waals surface area contributed by atoms with Crippen LogP contribution in [0.4, 0.5) is 4.39 Å². The summed E-state index contributed by atoms with van der Waals surface area (Å²) in [6.07, 6.45) is 2.64. The second-order valence-corrected chi connectivity index (χ2v) is 3.50. The summed E-state index contributed by atoms with van der Waals surface area (Å²) in [7, 11) is 1.49. The number of hydrogen-bond acceptors (Lipinski definition) is 3. The largest absolute Gasteiger partial charge is 0.494 e. The predicted molar refractivity (Wildman–Crippen MR) is 66.0 cm³/mol. The summed E-state index contributed by atoms with van der Waals surface area (Å²) >= 11 is 0. The summed E-state index contributed by atoms with van der Waals surface area (Å²) in [4.78, 5) is 4.78. The number of benzene rings is 1. The summed E-state index contributed by atoms with van der Waals surface area (Å²) in [5.41, 5.74) is 3.68. The van der Waals surface area contributed by atoms with Crippen LogP contribution in [0.2, 0.25) is 0 Å². The van der Waals surface area contributed by atoms with Crippen molar-refractivity contribution in [2.45, 2.75) is 20.3 Å². The first kappa shape index (κ1) is 13.5. The van der Waals surface area contributed by atoms with E-state index < -0.39 is 0 Å². The number of rotatable bonds is 6. The zero-order valence-corrected chi connectivity index (χ0v) is 10.4. The molecule has 0 fully saturated rings. The van der Waals surface area contributed by atoms with E-state index in [0.29, 0.717) is 23.6 Å². The van der Waals surface area contributed by atoms with Crippen LogP contribution >= 0.6 is 0 Å². The summed E-state index contributed by atoms with van der Waals surface area (Å²) in [5, 5.41) is 0. The van der Waals surface area contributed by atoms with Gasteiger partial charge in [-0.2, -0.15) is 0 Å². The molecule has 4 heteroatoms. The molecular formula is C13H18FNO2. The van der Waals surface area contributed by atoms with Gasteiger partial charge >= 0.3 is 0 Å². The molecule has 0 bridgehead atoms. The van der Waals surface area contributed by atoms with Crippen LogP contribution in [0.3, 0.4) is 0 Å². The fourth-order valence-corrected chi connectivity index (χ4v) is 1.40. The van der Waals surface area contributed by atoms with Gasteiger partial charge in [0.25, 0.3) is 0 Å². The lowest BCUT2D eigenvalue weighted by atomic mass is 10.1. The maximum absolute atomic E-state index is 13.8. The van der Waals surface area contributed by atoms with Crippen molar-refractivity contribution in [1.29, 1.82) is 0 Å². The standard InChI is InChI=1S/C13H18FNO2/c1-4-8-17-10-6-7-11(12(14)9-10)13(5-2)15-16-3/h5-7,9,15H,4,8H2,1-3H3. The molecule has 0 aliphatic heterocycles. The highest BCUT2D eigenvalue weighted by Crippen LogP contribution is 2.21. The zero-order valence-electron chi connectivity index (χ0n) is 10.4. The van der Waals surface area contributed by atoms with Crippen molar-refractivity contribution in [2.75, 3.05) is 13.7 Å².